The van der Waals surface area contributed by atoms with Crippen LogP contribution in [0, 0.1) is 0 Å². The lowest BCUT2D eigenvalue weighted by Gasteiger charge is -2.18. The molecule has 4 nitrogen and oxygen atoms in total. The average Bonchev–Trinajstić information content (AvgIpc) is 2.44. The summed E-state index contributed by atoms with van der Waals surface area (Å²) in [4.78, 5) is 0. The molecule has 1 aromatic rings. The normalized spacial score (nSPS) is 14.2. The van der Waals surface area contributed by atoms with E-state index in [4.69, 9.17) is 9.47 Å². The van der Waals surface area contributed by atoms with E-state index in [-0.39, 0.29) is 6.04 Å². The van der Waals surface area contributed by atoms with Gasteiger partial charge in [0.25, 0.3) is 0 Å². The molecule has 2 N–H and O–H groups in total. The average molecular weight is 346 g/mol. The van der Waals surface area contributed by atoms with E-state index in [0.29, 0.717) is 33.0 Å². The van der Waals surface area contributed by atoms with E-state index in [1.165, 1.54) is 5.56 Å². The maximum atomic E-state index is 9.82. The highest BCUT2D eigenvalue weighted by Gasteiger charge is 2.09. The van der Waals surface area contributed by atoms with Gasteiger partial charge in [-0.05, 0) is 31.5 Å². The number of ether oxygens (including phenoxy) is 2. The summed E-state index contributed by atoms with van der Waals surface area (Å²) in [6.07, 6.45) is -0.508. The van der Waals surface area contributed by atoms with Crippen molar-refractivity contribution in [2.24, 2.45) is 0 Å². The first-order valence-corrected chi connectivity index (χ1v) is 7.75. The molecule has 0 radical (unpaired) electrons. The van der Waals surface area contributed by atoms with Crippen molar-refractivity contribution in [2.45, 2.75) is 26.0 Å². The van der Waals surface area contributed by atoms with E-state index in [9.17, 15) is 5.11 Å². The summed E-state index contributed by atoms with van der Waals surface area (Å²) >= 11 is 3.46. The summed E-state index contributed by atoms with van der Waals surface area (Å²) in [5, 5.41) is 13.1. The first kappa shape index (κ1) is 17.6. The van der Waals surface area contributed by atoms with Crippen LogP contribution in [0.25, 0.3) is 0 Å². The van der Waals surface area contributed by atoms with Crippen LogP contribution in [0.5, 0.6) is 0 Å². The van der Waals surface area contributed by atoms with Crippen molar-refractivity contribution in [1.82, 2.24) is 5.32 Å². The second-order valence-corrected chi connectivity index (χ2v) is 5.53. The number of hydrogen-bond donors (Lipinski definition) is 2. The zero-order valence-electron chi connectivity index (χ0n) is 12.1. The van der Waals surface area contributed by atoms with Crippen molar-refractivity contribution in [1.29, 1.82) is 0 Å². The van der Waals surface area contributed by atoms with Crippen LogP contribution in [-0.4, -0.2) is 44.2 Å². The molecule has 2 atom stereocenters. The summed E-state index contributed by atoms with van der Waals surface area (Å²) in [5.74, 6) is 0. The molecule has 0 heterocycles. The van der Waals surface area contributed by atoms with E-state index in [1.807, 2.05) is 19.1 Å². The Bertz CT molecular complexity index is 376. The van der Waals surface area contributed by atoms with Crippen molar-refractivity contribution < 1.29 is 14.6 Å². The standard InChI is InChI=1S/C15H24BrNO3/c1-3-19-7-8-20-11-15(18)10-17-12(2)13-5-4-6-14(16)9-13/h4-6,9,12,15,17-18H,3,7-8,10-11H2,1-2H3/t12-,15?/m1/s1. The van der Waals surface area contributed by atoms with Gasteiger partial charge in [-0.15, -0.1) is 0 Å². The number of nitrogens with one attached hydrogen (secondary N) is 1. The predicted octanol–water partition coefficient (Wildman–Crippen LogP) is 2.51. The summed E-state index contributed by atoms with van der Waals surface area (Å²) in [7, 11) is 0. The molecule has 0 aromatic heterocycles. The molecule has 0 aliphatic carbocycles. The van der Waals surface area contributed by atoms with Gasteiger partial charge in [0.15, 0.2) is 0 Å². The van der Waals surface area contributed by atoms with Crippen LogP contribution in [0.15, 0.2) is 28.7 Å². The first-order chi connectivity index (χ1) is 9.63. The Labute approximate surface area is 129 Å². The van der Waals surface area contributed by atoms with Gasteiger partial charge in [-0.25, -0.2) is 0 Å². The molecule has 1 unspecified atom stereocenters. The third-order valence-electron chi connectivity index (χ3n) is 2.89. The van der Waals surface area contributed by atoms with Crippen molar-refractivity contribution in [2.75, 3.05) is 33.0 Å². The fourth-order valence-electron chi connectivity index (χ4n) is 1.75. The molecular weight excluding hydrogens is 322 g/mol. The highest BCUT2D eigenvalue weighted by molar-refractivity contribution is 9.10. The Morgan fingerprint density at radius 1 is 1.30 bits per heavy atom. The minimum Gasteiger partial charge on any atom is -0.389 e. The van der Waals surface area contributed by atoms with Crippen LogP contribution >= 0.6 is 15.9 Å². The van der Waals surface area contributed by atoms with Gasteiger partial charge in [0.2, 0.25) is 0 Å². The third-order valence-corrected chi connectivity index (χ3v) is 3.39. The van der Waals surface area contributed by atoms with Crippen molar-refractivity contribution in [3.63, 3.8) is 0 Å². The van der Waals surface area contributed by atoms with Crippen molar-refractivity contribution in [3.8, 4) is 0 Å². The van der Waals surface area contributed by atoms with E-state index < -0.39 is 6.10 Å². The molecule has 0 amide bonds. The van der Waals surface area contributed by atoms with Crippen LogP contribution in [0.4, 0.5) is 0 Å². The highest BCUT2D eigenvalue weighted by Crippen LogP contribution is 2.17. The maximum Gasteiger partial charge on any atom is 0.0897 e. The molecule has 0 aliphatic rings. The van der Waals surface area contributed by atoms with Gasteiger partial charge in [0, 0.05) is 23.7 Å². The minimum absolute atomic E-state index is 0.186. The molecule has 1 aromatic carbocycles. The number of hydrogen-bond acceptors (Lipinski definition) is 4. The topological polar surface area (TPSA) is 50.7 Å². The smallest absolute Gasteiger partial charge is 0.0897 e. The minimum atomic E-state index is -0.508. The second-order valence-electron chi connectivity index (χ2n) is 4.61. The Kier molecular flexibility index (Phi) is 9.05. The monoisotopic (exact) mass is 345 g/mol. The van der Waals surface area contributed by atoms with E-state index in [2.05, 4.69) is 40.3 Å². The lowest BCUT2D eigenvalue weighted by Crippen LogP contribution is -2.32. The van der Waals surface area contributed by atoms with Crippen LogP contribution in [0.1, 0.15) is 25.5 Å². The molecule has 0 saturated carbocycles. The largest absolute Gasteiger partial charge is 0.389 e. The van der Waals surface area contributed by atoms with Crippen molar-refractivity contribution in [3.05, 3.63) is 34.3 Å². The number of benzene rings is 1. The zero-order valence-corrected chi connectivity index (χ0v) is 13.7. The van der Waals surface area contributed by atoms with Crippen LogP contribution < -0.4 is 5.32 Å². The lowest BCUT2D eigenvalue weighted by atomic mass is 10.1. The highest BCUT2D eigenvalue weighted by atomic mass is 79.9. The second kappa shape index (κ2) is 10.3. The third kappa shape index (κ3) is 7.36. The van der Waals surface area contributed by atoms with Gasteiger partial charge in [-0.1, -0.05) is 28.1 Å². The fourth-order valence-corrected chi connectivity index (χ4v) is 2.16. The van der Waals surface area contributed by atoms with Crippen LogP contribution in [0.3, 0.4) is 0 Å². The van der Waals surface area contributed by atoms with Gasteiger partial charge >= 0.3 is 0 Å². The van der Waals surface area contributed by atoms with Gasteiger partial charge in [-0.3, -0.25) is 0 Å². The van der Waals surface area contributed by atoms with E-state index >= 15 is 0 Å². The quantitative estimate of drug-likeness (QED) is 0.639. The molecule has 114 valence electrons. The van der Waals surface area contributed by atoms with Gasteiger partial charge in [0.1, 0.15) is 0 Å². The molecule has 1 rings (SSSR count). The Balaban J connectivity index is 2.18. The lowest BCUT2D eigenvalue weighted by molar-refractivity contribution is 0.00586. The number of halogens is 1. The van der Waals surface area contributed by atoms with E-state index in [1.54, 1.807) is 0 Å². The van der Waals surface area contributed by atoms with Gasteiger partial charge in [-0.2, -0.15) is 0 Å². The molecule has 0 spiro atoms. The number of aliphatic hydroxyl groups is 1. The van der Waals surface area contributed by atoms with E-state index in [0.717, 1.165) is 4.47 Å². The molecule has 0 saturated heterocycles. The first-order valence-electron chi connectivity index (χ1n) is 6.96. The summed E-state index contributed by atoms with van der Waals surface area (Å²) in [6, 6.07) is 8.32. The Hall–Kier alpha value is -0.460. The number of aliphatic hydroxyl groups excluding tert-OH is 1. The van der Waals surface area contributed by atoms with Crippen LogP contribution in [0.2, 0.25) is 0 Å². The molecule has 0 fully saturated rings. The molecule has 20 heavy (non-hydrogen) atoms. The molecular formula is C15H24BrNO3. The molecule has 0 bridgehead atoms. The summed E-state index contributed by atoms with van der Waals surface area (Å²) in [6.45, 7) is 6.63. The van der Waals surface area contributed by atoms with Gasteiger partial charge in [0.05, 0.1) is 25.9 Å². The SMILES string of the molecule is CCOCCOCC(O)CN[C@H](C)c1cccc(Br)c1. The summed E-state index contributed by atoms with van der Waals surface area (Å²) < 4.78 is 11.5. The predicted molar refractivity (Wildman–Crippen MR) is 83.9 cm³/mol. The van der Waals surface area contributed by atoms with Gasteiger partial charge < -0.3 is 19.9 Å². The Morgan fingerprint density at radius 3 is 2.75 bits per heavy atom. The molecule has 0 aliphatic heterocycles. The number of rotatable bonds is 10. The van der Waals surface area contributed by atoms with Crippen molar-refractivity contribution >= 4 is 15.9 Å². The zero-order chi connectivity index (χ0) is 14.8. The van der Waals surface area contributed by atoms with Crippen LogP contribution in [-0.2, 0) is 9.47 Å². The fraction of sp³-hybridized carbons (Fsp3) is 0.600. The molecule has 5 heteroatoms. The summed E-state index contributed by atoms with van der Waals surface area (Å²) in [5.41, 5.74) is 1.18. The maximum absolute atomic E-state index is 9.82. The Morgan fingerprint density at radius 2 is 2.05 bits per heavy atom.